The first-order chi connectivity index (χ1) is 22.9. The lowest BCUT2D eigenvalue weighted by Gasteiger charge is -2.31. The minimum absolute atomic E-state index is 0.00845. The van der Waals surface area contributed by atoms with Crippen LogP contribution in [0.1, 0.15) is 60.9 Å². The van der Waals surface area contributed by atoms with Crippen LogP contribution in [0.3, 0.4) is 0 Å². The quantitative estimate of drug-likeness (QED) is 0.273. The lowest BCUT2D eigenvalue weighted by atomic mass is 9.81. The van der Waals surface area contributed by atoms with Crippen LogP contribution in [-0.2, 0) is 9.59 Å². The average molecular weight is 655 g/mol. The number of fused-ring (bicyclic) bond motifs is 1. The van der Waals surface area contributed by atoms with E-state index in [1.807, 2.05) is 35.4 Å². The van der Waals surface area contributed by atoms with Crippen LogP contribution in [0.15, 0.2) is 77.6 Å². The molecule has 10 nitrogen and oxygen atoms in total. The van der Waals surface area contributed by atoms with Crippen LogP contribution in [0.25, 0.3) is 0 Å². The number of halogens is 1. The molecule has 5 heterocycles. The number of hydrogen-bond donors (Lipinski definition) is 3. The number of thioether (sulfide) groups is 1. The Hall–Kier alpha value is -4.13. The fraction of sp³-hybridized carbons (Fsp3) is 0.400. The van der Waals surface area contributed by atoms with Crippen molar-refractivity contribution in [3.63, 3.8) is 0 Å². The number of anilines is 2. The smallest absolute Gasteiger partial charge is 0.237 e. The zero-order chi connectivity index (χ0) is 32.4. The van der Waals surface area contributed by atoms with E-state index in [2.05, 4.69) is 44.0 Å². The van der Waals surface area contributed by atoms with E-state index in [9.17, 15) is 14.0 Å². The van der Waals surface area contributed by atoms with Gasteiger partial charge in [0.2, 0.25) is 11.8 Å². The summed E-state index contributed by atoms with van der Waals surface area (Å²) in [5.41, 5.74) is 10.7. The third-order valence-corrected chi connectivity index (χ3v) is 10.9. The average Bonchev–Trinajstić information content (AvgIpc) is 3.85. The van der Waals surface area contributed by atoms with Gasteiger partial charge in [-0.25, -0.2) is 19.8 Å². The van der Waals surface area contributed by atoms with Crippen LogP contribution < -0.4 is 16.2 Å². The summed E-state index contributed by atoms with van der Waals surface area (Å²) in [6.07, 6.45) is 10.7. The second-order valence-electron chi connectivity index (χ2n) is 12.7. The highest BCUT2D eigenvalue weighted by molar-refractivity contribution is 8.01. The number of nitrogens with zero attached hydrogens (tertiary/aromatic N) is 5. The van der Waals surface area contributed by atoms with Crippen LogP contribution in [0.2, 0.25) is 0 Å². The number of rotatable bonds is 9. The number of aromatic nitrogens is 2. The predicted molar refractivity (Wildman–Crippen MR) is 182 cm³/mol. The fourth-order valence-corrected chi connectivity index (χ4v) is 8.23. The highest BCUT2D eigenvalue weighted by Gasteiger charge is 2.44. The van der Waals surface area contributed by atoms with Crippen LogP contribution in [0, 0.1) is 11.2 Å². The van der Waals surface area contributed by atoms with Gasteiger partial charge in [0.05, 0.1) is 23.7 Å². The van der Waals surface area contributed by atoms with E-state index in [4.69, 9.17) is 4.99 Å². The molecule has 1 fully saturated rings. The number of likely N-dealkylation sites (tertiary alicyclic amines) is 1. The van der Waals surface area contributed by atoms with E-state index in [-0.39, 0.29) is 34.3 Å². The number of nitrogens with one attached hydrogen (secondary N) is 3. The van der Waals surface area contributed by atoms with Crippen molar-refractivity contribution < 1.29 is 14.0 Å². The number of amides is 2. The molecule has 12 heteroatoms. The van der Waals surface area contributed by atoms with Crippen molar-refractivity contribution in [2.75, 3.05) is 43.5 Å². The minimum Gasteiger partial charge on any atom is -0.338 e. The van der Waals surface area contributed by atoms with Crippen molar-refractivity contribution >= 4 is 41.2 Å². The Morgan fingerprint density at radius 2 is 1.96 bits per heavy atom. The summed E-state index contributed by atoms with van der Waals surface area (Å²) >= 11 is 1.73. The summed E-state index contributed by atoms with van der Waals surface area (Å²) in [6, 6.07) is 13.9. The molecule has 4 aliphatic heterocycles. The molecule has 4 aliphatic rings. The van der Waals surface area contributed by atoms with Gasteiger partial charge in [-0.15, -0.1) is 11.8 Å². The number of carbonyl (C=O) groups excluding carboxylic acids is 2. The molecule has 3 N–H and O–H groups in total. The van der Waals surface area contributed by atoms with Gasteiger partial charge in [0.1, 0.15) is 22.3 Å². The minimum atomic E-state index is -0.563. The second kappa shape index (κ2) is 13.5. The normalized spacial score (nSPS) is 25.4. The first-order valence-corrected chi connectivity index (χ1v) is 17.2. The Labute approximate surface area is 278 Å². The second-order valence-corrected chi connectivity index (χ2v) is 13.9. The summed E-state index contributed by atoms with van der Waals surface area (Å²) in [6.45, 7) is 4.90. The number of carbonyl (C=O) groups is 2. The summed E-state index contributed by atoms with van der Waals surface area (Å²) < 4.78 is 13.5. The molecule has 0 spiro atoms. The summed E-state index contributed by atoms with van der Waals surface area (Å²) in [7, 11) is 0. The Bertz CT molecular complexity index is 1690. The maximum Gasteiger partial charge on any atom is 0.237 e. The molecular weight excluding hydrogens is 616 g/mol. The SMILES string of the molecule is CCCC1(C(=O)Nc2ccc3c(c2)C(c2ccc(F)cc2)NN3)CCN(CC(=O)N2CC=C(C3N=CC(c4ncccn4)S3)CC2)C1. The zero-order valence-electron chi connectivity index (χ0n) is 26.4. The Kier molecular flexibility index (Phi) is 9.07. The third kappa shape index (κ3) is 6.67. The van der Waals surface area contributed by atoms with Crippen molar-refractivity contribution in [1.29, 1.82) is 0 Å². The number of hydrazine groups is 1. The highest BCUT2D eigenvalue weighted by atomic mass is 32.2. The maximum absolute atomic E-state index is 13.9. The lowest BCUT2D eigenvalue weighted by Crippen LogP contribution is -2.44. The molecule has 2 aromatic carbocycles. The molecule has 244 valence electrons. The first-order valence-electron chi connectivity index (χ1n) is 16.3. The molecule has 0 bridgehead atoms. The van der Waals surface area contributed by atoms with Crippen molar-refractivity contribution in [1.82, 2.24) is 25.2 Å². The molecule has 1 saturated heterocycles. The van der Waals surface area contributed by atoms with E-state index in [0.29, 0.717) is 39.1 Å². The van der Waals surface area contributed by atoms with Crippen LogP contribution in [-0.4, -0.2) is 75.9 Å². The molecule has 2 amide bonds. The lowest BCUT2D eigenvalue weighted by molar-refractivity contribution is -0.132. The Morgan fingerprint density at radius 1 is 1.13 bits per heavy atom. The number of benzene rings is 2. The van der Waals surface area contributed by atoms with Gasteiger partial charge in [0, 0.05) is 49.5 Å². The molecule has 0 radical (unpaired) electrons. The number of hydrogen-bond acceptors (Lipinski definition) is 9. The van der Waals surface area contributed by atoms with Gasteiger partial charge >= 0.3 is 0 Å². The van der Waals surface area contributed by atoms with Gasteiger partial charge < -0.3 is 15.6 Å². The predicted octanol–water partition coefficient (Wildman–Crippen LogP) is 5.11. The molecule has 7 rings (SSSR count). The standard InChI is InChI=1S/C35H39FN8O2S/c1-2-12-35(34(46)40-26-8-9-28-27(19-26)31(42-41-28)23-4-6-25(36)7-5-23)13-18-43(22-35)21-30(45)44-16-10-24(11-17-44)33-39-20-29(47-33)32-37-14-3-15-38-32/h3-10,14-15,19-20,29,31,33,41-42H,2,11-13,16-18,21-22H2,1H3,(H,40,46). The van der Waals surface area contributed by atoms with Crippen LogP contribution in [0.5, 0.6) is 0 Å². The van der Waals surface area contributed by atoms with E-state index >= 15 is 0 Å². The van der Waals surface area contributed by atoms with Crippen LogP contribution in [0.4, 0.5) is 15.8 Å². The largest absolute Gasteiger partial charge is 0.338 e. The summed E-state index contributed by atoms with van der Waals surface area (Å²) in [5.74, 6) is 0.578. The first kappa shape index (κ1) is 31.5. The molecule has 3 aromatic rings. The van der Waals surface area contributed by atoms with E-state index in [1.165, 1.54) is 17.7 Å². The van der Waals surface area contributed by atoms with Gasteiger partial charge in [-0.05, 0) is 73.3 Å². The molecule has 0 aliphatic carbocycles. The van der Waals surface area contributed by atoms with Gasteiger partial charge in [-0.1, -0.05) is 31.6 Å². The van der Waals surface area contributed by atoms with Crippen LogP contribution >= 0.6 is 11.8 Å². The molecule has 0 saturated carbocycles. The molecule has 4 atom stereocenters. The molecular formula is C35H39FN8O2S. The Morgan fingerprint density at radius 3 is 2.72 bits per heavy atom. The summed E-state index contributed by atoms with van der Waals surface area (Å²) in [4.78, 5) is 44.8. The van der Waals surface area contributed by atoms with Gasteiger partial charge in [-0.3, -0.25) is 19.5 Å². The van der Waals surface area contributed by atoms with Gasteiger partial charge in [-0.2, -0.15) is 0 Å². The number of aliphatic imine (C=N–C) groups is 1. The molecule has 4 unspecified atom stereocenters. The van der Waals surface area contributed by atoms with Gasteiger partial charge in [0.15, 0.2) is 0 Å². The van der Waals surface area contributed by atoms with E-state index in [1.54, 1.807) is 36.3 Å². The molecule has 1 aromatic heterocycles. The monoisotopic (exact) mass is 654 g/mol. The van der Waals surface area contributed by atoms with Crippen molar-refractivity contribution in [3.05, 3.63) is 95.3 Å². The fourth-order valence-electron chi connectivity index (χ4n) is 7.04. The maximum atomic E-state index is 13.9. The van der Waals surface area contributed by atoms with Crippen molar-refractivity contribution in [3.8, 4) is 0 Å². The van der Waals surface area contributed by atoms with Gasteiger partial charge in [0.25, 0.3) is 0 Å². The molecule has 47 heavy (non-hydrogen) atoms. The summed E-state index contributed by atoms with van der Waals surface area (Å²) in [5, 5.41) is 3.29. The zero-order valence-corrected chi connectivity index (χ0v) is 27.2. The topological polar surface area (TPSA) is 115 Å². The van der Waals surface area contributed by atoms with E-state index < -0.39 is 5.41 Å². The van der Waals surface area contributed by atoms with E-state index in [0.717, 1.165) is 47.6 Å². The van der Waals surface area contributed by atoms with Crippen molar-refractivity contribution in [2.24, 2.45) is 10.4 Å². The Balaban J connectivity index is 0.947. The highest BCUT2D eigenvalue weighted by Crippen LogP contribution is 2.41. The van der Waals surface area contributed by atoms with Crippen molar-refractivity contribution in [2.45, 2.75) is 49.3 Å². The third-order valence-electron chi connectivity index (χ3n) is 9.56.